The molecule has 2 heterocycles. The molecule has 1 aromatic rings. The second kappa shape index (κ2) is 8.08. The molecule has 1 aromatic carbocycles. The first kappa shape index (κ1) is 18.7. The van der Waals surface area contributed by atoms with E-state index in [9.17, 15) is 9.59 Å². The summed E-state index contributed by atoms with van der Waals surface area (Å²) in [7, 11) is 1.80. The fourth-order valence-corrected chi connectivity index (χ4v) is 3.69. The van der Waals surface area contributed by atoms with Crippen LogP contribution in [0.25, 0.3) is 0 Å². The van der Waals surface area contributed by atoms with E-state index in [0.717, 1.165) is 43.6 Å². The Labute approximate surface area is 155 Å². The van der Waals surface area contributed by atoms with E-state index in [1.54, 1.807) is 11.9 Å². The topological polar surface area (TPSA) is 61.9 Å². The van der Waals surface area contributed by atoms with Crippen LogP contribution in [0.5, 0.6) is 0 Å². The number of nitrogens with one attached hydrogen (secondary N) is 1. The van der Waals surface area contributed by atoms with Crippen molar-refractivity contribution in [2.45, 2.75) is 51.7 Å². The number of amides is 2. The maximum Gasteiger partial charge on any atom is 0.251 e. The van der Waals surface area contributed by atoms with E-state index < -0.39 is 0 Å². The predicted octanol–water partition coefficient (Wildman–Crippen LogP) is 2.57. The Balaban J connectivity index is 1.68. The van der Waals surface area contributed by atoms with Gasteiger partial charge in [0.2, 0.25) is 5.91 Å². The van der Waals surface area contributed by atoms with Gasteiger partial charge in [-0.25, -0.2) is 0 Å². The number of piperidine rings is 1. The molecule has 2 amide bonds. The van der Waals surface area contributed by atoms with Crippen molar-refractivity contribution in [3.05, 3.63) is 23.8 Å². The van der Waals surface area contributed by atoms with Gasteiger partial charge in [0.25, 0.3) is 5.91 Å². The third kappa shape index (κ3) is 3.85. The number of likely N-dealkylation sites (N-methyl/N-ethyl adjacent to an activating group) is 1. The van der Waals surface area contributed by atoms with Crippen molar-refractivity contribution in [2.75, 3.05) is 36.5 Å². The van der Waals surface area contributed by atoms with Gasteiger partial charge in [0, 0.05) is 32.3 Å². The predicted molar refractivity (Wildman–Crippen MR) is 103 cm³/mol. The minimum atomic E-state index is -0.112. The second-order valence-electron chi connectivity index (χ2n) is 7.33. The molecule has 26 heavy (non-hydrogen) atoms. The first-order valence-corrected chi connectivity index (χ1v) is 9.57. The molecular formula is C20H29N3O3. The van der Waals surface area contributed by atoms with Gasteiger partial charge in [-0.05, 0) is 57.7 Å². The zero-order chi connectivity index (χ0) is 18.7. The lowest BCUT2D eigenvalue weighted by molar-refractivity contribution is -0.120. The summed E-state index contributed by atoms with van der Waals surface area (Å²) in [5.74, 6) is 0.0135. The zero-order valence-corrected chi connectivity index (χ0v) is 16.0. The Morgan fingerprint density at radius 2 is 2.12 bits per heavy atom. The lowest BCUT2D eigenvalue weighted by Gasteiger charge is -2.44. The summed E-state index contributed by atoms with van der Waals surface area (Å²) in [5.41, 5.74) is 2.46. The van der Waals surface area contributed by atoms with Crippen molar-refractivity contribution < 1.29 is 14.3 Å². The Kier molecular flexibility index (Phi) is 5.81. The molecule has 2 aliphatic rings. The molecule has 0 spiro atoms. The maximum atomic E-state index is 12.7. The second-order valence-corrected chi connectivity index (χ2v) is 7.33. The van der Waals surface area contributed by atoms with Crippen LogP contribution in [0, 0.1) is 0 Å². The van der Waals surface area contributed by atoms with Crippen molar-refractivity contribution in [2.24, 2.45) is 0 Å². The summed E-state index contributed by atoms with van der Waals surface area (Å²) in [5, 5.41) is 2.93. The maximum absolute atomic E-state index is 12.7. The third-order valence-electron chi connectivity index (χ3n) is 5.08. The van der Waals surface area contributed by atoms with Crippen molar-refractivity contribution in [1.29, 1.82) is 0 Å². The zero-order valence-electron chi connectivity index (χ0n) is 16.0. The first-order valence-electron chi connectivity index (χ1n) is 9.57. The SMILES string of the molecule is CC(C)OCCCNC(=O)c1ccc2c(c1)N(C)C(=O)[C@H]1CCCCN21. The Bertz CT molecular complexity index is 674. The van der Waals surface area contributed by atoms with E-state index >= 15 is 0 Å². The summed E-state index contributed by atoms with van der Waals surface area (Å²) < 4.78 is 5.48. The van der Waals surface area contributed by atoms with Gasteiger partial charge in [-0.15, -0.1) is 0 Å². The van der Waals surface area contributed by atoms with Crippen LogP contribution in [0.2, 0.25) is 0 Å². The molecule has 0 saturated carbocycles. The molecule has 1 atom stereocenters. The third-order valence-corrected chi connectivity index (χ3v) is 5.08. The molecule has 0 radical (unpaired) electrons. The van der Waals surface area contributed by atoms with Crippen LogP contribution in [0.15, 0.2) is 18.2 Å². The smallest absolute Gasteiger partial charge is 0.251 e. The van der Waals surface area contributed by atoms with Crippen molar-refractivity contribution in [1.82, 2.24) is 5.32 Å². The lowest BCUT2D eigenvalue weighted by Crippen LogP contribution is -2.54. The molecule has 6 heteroatoms. The van der Waals surface area contributed by atoms with E-state index in [-0.39, 0.29) is 24.0 Å². The fourth-order valence-electron chi connectivity index (χ4n) is 3.69. The van der Waals surface area contributed by atoms with Gasteiger partial charge < -0.3 is 19.9 Å². The lowest BCUT2D eigenvalue weighted by atomic mass is 9.96. The van der Waals surface area contributed by atoms with Crippen molar-refractivity contribution in [3.8, 4) is 0 Å². The Morgan fingerprint density at radius 1 is 1.31 bits per heavy atom. The molecule has 0 unspecified atom stereocenters. The highest BCUT2D eigenvalue weighted by atomic mass is 16.5. The molecule has 6 nitrogen and oxygen atoms in total. The van der Waals surface area contributed by atoms with Gasteiger partial charge in [0.15, 0.2) is 0 Å². The number of benzene rings is 1. The Hall–Kier alpha value is -2.08. The minimum absolute atomic E-state index is 0.0538. The van der Waals surface area contributed by atoms with Gasteiger partial charge in [0.1, 0.15) is 6.04 Å². The van der Waals surface area contributed by atoms with Crippen molar-refractivity contribution in [3.63, 3.8) is 0 Å². The largest absolute Gasteiger partial charge is 0.379 e. The number of carbonyl (C=O) groups excluding carboxylic acids is 2. The van der Waals surface area contributed by atoms with E-state index in [1.165, 1.54) is 0 Å². The van der Waals surface area contributed by atoms with Crippen molar-refractivity contribution >= 4 is 23.2 Å². The molecule has 0 aliphatic carbocycles. The average Bonchev–Trinajstić information content (AvgIpc) is 2.65. The standard InChI is InChI=1S/C20H29N3O3/c1-14(2)26-12-6-10-21-19(24)15-8-9-16-18(13-15)22(3)20(25)17-7-4-5-11-23(16)17/h8-9,13-14,17H,4-7,10-12H2,1-3H3,(H,21,24)/t17-/m1/s1. The number of hydrogen-bond donors (Lipinski definition) is 1. The van der Waals surface area contributed by atoms with Crippen LogP contribution in [-0.2, 0) is 9.53 Å². The summed E-state index contributed by atoms with van der Waals surface area (Å²) in [6.45, 7) is 6.10. The number of nitrogens with zero attached hydrogens (tertiary/aromatic N) is 2. The first-order chi connectivity index (χ1) is 12.5. The minimum Gasteiger partial charge on any atom is -0.379 e. The molecular weight excluding hydrogens is 330 g/mol. The van der Waals surface area contributed by atoms with E-state index in [1.807, 2.05) is 32.0 Å². The summed E-state index contributed by atoms with van der Waals surface area (Å²) in [6.07, 6.45) is 4.09. The molecule has 3 rings (SSSR count). The summed E-state index contributed by atoms with van der Waals surface area (Å²) in [4.78, 5) is 29.0. The van der Waals surface area contributed by atoms with Crippen LogP contribution in [0.4, 0.5) is 11.4 Å². The fraction of sp³-hybridized carbons (Fsp3) is 0.600. The number of anilines is 2. The van der Waals surface area contributed by atoms with Crippen LogP contribution >= 0.6 is 0 Å². The van der Waals surface area contributed by atoms with Crippen LogP contribution in [0.1, 0.15) is 49.9 Å². The normalized spacial score (nSPS) is 19.4. The highest BCUT2D eigenvalue weighted by molar-refractivity contribution is 6.07. The summed E-state index contributed by atoms with van der Waals surface area (Å²) in [6, 6.07) is 5.61. The molecule has 0 aromatic heterocycles. The highest BCUT2D eigenvalue weighted by Gasteiger charge is 2.37. The number of hydrogen-bond acceptors (Lipinski definition) is 4. The van der Waals surface area contributed by atoms with Gasteiger partial charge in [-0.1, -0.05) is 0 Å². The van der Waals surface area contributed by atoms with Gasteiger partial charge in [-0.2, -0.15) is 0 Å². The van der Waals surface area contributed by atoms with E-state index in [4.69, 9.17) is 4.74 Å². The van der Waals surface area contributed by atoms with Crippen LogP contribution in [-0.4, -0.2) is 50.7 Å². The Morgan fingerprint density at radius 3 is 2.88 bits per heavy atom. The molecule has 1 saturated heterocycles. The van der Waals surface area contributed by atoms with Crippen LogP contribution in [0.3, 0.4) is 0 Å². The number of ether oxygens (including phenoxy) is 1. The molecule has 2 aliphatic heterocycles. The van der Waals surface area contributed by atoms with Gasteiger partial charge in [-0.3, -0.25) is 9.59 Å². The van der Waals surface area contributed by atoms with E-state index in [2.05, 4.69) is 10.2 Å². The molecule has 0 bridgehead atoms. The van der Waals surface area contributed by atoms with Gasteiger partial charge in [0.05, 0.1) is 17.5 Å². The van der Waals surface area contributed by atoms with Gasteiger partial charge >= 0.3 is 0 Å². The number of fused-ring (bicyclic) bond motifs is 3. The average molecular weight is 359 g/mol. The molecule has 1 N–H and O–H groups in total. The highest BCUT2D eigenvalue weighted by Crippen LogP contribution is 2.39. The number of rotatable bonds is 6. The summed E-state index contributed by atoms with van der Waals surface area (Å²) >= 11 is 0. The quantitative estimate of drug-likeness (QED) is 0.793. The molecule has 1 fully saturated rings. The van der Waals surface area contributed by atoms with E-state index in [0.29, 0.717) is 18.7 Å². The monoisotopic (exact) mass is 359 g/mol. The van der Waals surface area contributed by atoms with Crippen LogP contribution < -0.4 is 15.1 Å². The molecule has 142 valence electrons. The number of carbonyl (C=O) groups is 2.